The number of carbonyl (C=O) groups excluding carboxylic acids is 2. The van der Waals surface area contributed by atoms with E-state index in [9.17, 15) is 22.8 Å². The van der Waals surface area contributed by atoms with Crippen LogP contribution in [0.15, 0.2) is 12.1 Å². The molecule has 0 heterocycles. The third-order valence-electron chi connectivity index (χ3n) is 7.20. The van der Waals surface area contributed by atoms with E-state index in [0.29, 0.717) is 38.5 Å². The van der Waals surface area contributed by atoms with Crippen LogP contribution >= 0.6 is 11.6 Å². The quantitative estimate of drug-likeness (QED) is 0.690. The zero-order chi connectivity index (χ0) is 21.0. The van der Waals surface area contributed by atoms with Crippen LogP contribution in [0, 0.1) is 28.9 Å². The van der Waals surface area contributed by atoms with E-state index in [-0.39, 0.29) is 34.7 Å². The molecular formula is C21H24ClF3N2O2. The first kappa shape index (κ1) is 20.5. The van der Waals surface area contributed by atoms with Gasteiger partial charge < -0.3 is 10.6 Å². The van der Waals surface area contributed by atoms with Gasteiger partial charge in [-0.2, -0.15) is 0 Å². The maximum atomic E-state index is 14.9. The zero-order valence-electron chi connectivity index (χ0n) is 16.2. The standard InChI is InChI=1S/C21H24ClF3N2O2/c1-26-18(28)11-8-12(9-11)19(29)27-17(15-14(23)3-2-13(22)16(15)24)20-4-6-21(25,10-20)7-5-20/h2-3,11-12,17H,4-10H2,1H3,(H,26,28)(H,27,29)/t11?,12?,17-,20?,21?/m1/s1. The third-order valence-corrected chi connectivity index (χ3v) is 7.50. The van der Waals surface area contributed by atoms with Crippen LogP contribution in [0.1, 0.15) is 56.6 Å². The first-order chi connectivity index (χ1) is 13.7. The molecule has 29 heavy (non-hydrogen) atoms. The highest BCUT2D eigenvalue weighted by Gasteiger charge is 2.59. The molecule has 3 aliphatic rings. The topological polar surface area (TPSA) is 58.2 Å². The molecule has 0 unspecified atom stereocenters. The highest BCUT2D eigenvalue weighted by atomic mass is 35.5. The lowest BCUT2D eigenvalue weighted by Crippen LogP contribution is -2.48. The second-order valence-corrected chi connectivity index (χ2v) is 9.28. The normalized spacial score (nSPS) is 33.8. The molecule has 0 spiro atoms. The molecule has 8 heteroatoms. The number of halogens is 4. The summed E-state index contributed by atoms with van der Waals surface area (Å²) in [6, 6.07) is 1.22. The number of nitrogens with one attached hydrogen (secondary N) is 2. The van der Waals surface area contributed by atoms with Crippen molar-refractivity contribution in [1.29, 1.82) is 0 Å². The summed E-state index contributed by atoms with van der Waals surface area (Å²) in [4.78, 5) is 24.5. The lowest BCUT2D eigenvalue weighted by Gasteiger charge is -2.40. The Balaban J connectivity index is 1.62. The van der Waals surface area contributed by atoms with Crippen molar-refractivity contribution in [3.8, 4) is 0 Å². The summed E-state index contributed by atoms with van der Waals surface area (Å²) in [6.07, 6.45) is 2.49. The summed E-state index contributed by atoms with van der Waals surface area (Å²) in [7, 11) is 1.54. The third kappa shape index (κ3) is 3.41. The van der Waals surface area contributed by atoms with Crippen molar-refractivity contribution in [3.05, 3.63) is 34.4 Å². The van der Waals surface area contributed by atoms with E-state index in [0.717, 1.165) is 12.1 Å². The SMILES string of the molecule is CNC(=O)C1CC(C(=O)N[C@H](c2c(F)ccc(Cl)c2F)C23CCC(F)(CC2)C3)C1. The van der Waals surface area contributed by atoms with Crippen molar-refractivity contribution >= 4 is 23.4 Å². The van der Waals surface area contributed by atoms with Gasteiger partial charge in [-0.15, -0.1) is 0 Å². The second kappa shape index (κ2) is 7.18. The summed E-state index contributed by atoms with van der Waals surface area (Å²) in [5.41, 5.74) is -2.37. The van der Waals surface area contributed by atoms with Crippen molar-refractivity contribution < 1.29 is 22.8 Å². The Morgan fingerprint density at radius 1 is 1.10 bits per heavy atom. The van der Waals surface area contributed by atoms with Crippen molar-refractivity contribution in [2.75, 3.05) is 7.05 Å². The summed E-state index contributed by atoms with van der Waals surface area (Å²) in [6.45, 7) is 0. The predicted molar refractivity (Wildman–Crippen MR) is 102 cm³/mol. The Labute approximate surface area is 172 Å². The molecule has 1 atom stereocenters. The van der Waals surface area contributed by atoms with Crippen LogP contribution in [0.25, 0.3) is 0 Å². The van der Waals surface area contributed by atoms with Crippen LogP contribution in [0.5, 0.6) is 0 Å². The monoisotopic (exact) mass is 428 g/mol. The van der Waals surface area contributed by atoms with Gasteiger partial charge >= 0.3 is 0 Å². The van der Waals surface area contributed by atoms with E-state index >= 15 is 0 Å². The maximum absolute atomic E-state index is 14.9. The minimum absolute atomic E-state index is 0.120. The van der Waals surface area contributed by atoms with Crippen molar-refractivity contribution in [1.82, 2.24) is 10.6 Å². The first-order valence-corrected chi connectivity index (χ1v) is 10.4. The lowest BCUT2D eigenvalue weighted by atomic mass is 9.71. The van der Waals surface area contributed by atoms with Gasteiger partial charge in [-0.3, -0.25) is 9.59 Å². The van der Waals surface area contributed by atoms with Gasteiger partial charge in [0.15, 0.2) is 0 Å². The fourth-order valence-corrected chi connectivity index (χ4v) is 5.59. The minimum Gasteiger partial charge on any atom is -0.359 e. The van der Waals surface area contributed by atoms with Gasteiger partial charge in [0.25, 0.3) is 0 Å². The highest BCUT2D eigenvalue weighted by Crippen LogP contribution is 2.63. The van der Waals surface area contributed by atoms with E-state index in [1.165, 1.54) is 0 Å². The van der Waals surface area contributed by atoms with Crippen LogP contribution in [-0.4, -0.2) is 24.5 Å². The van der Waals surface area contributed by atoms with Gasteiger partial charge in [0.2, 0.25) is 11.8 Å². The molecule has 0 aliphatic heterocycles. The summed E-state index contributed by atoms with van der Waals surface area (Å²) < 4.78 is 44.5. The fourth-order valence-electron chi connectivity index (χ4n) is 5.42. The molecule has 158 valence electrons. The molecule has 3 fully saturated rings. The van der Waals surface area contributed by atoms with E-state index in [1.807, 2.05) is 0 Å². The van der Waals surface area contributed by atoms with Crippen LogP contribution in [0.4, 0.5) is 13.2 Å². The number of carbonyl (C=O) groups is 2. The maximum Gasteiger partial charge on any atom is 0.223 e. The van der Waals surface area contributed by atoms with Gasteiger partial charge in [-0.05, 0) is 62.5 Å². The fraction of sp³-hybridized carbons (Fsp3) is 0.619. The molecule has 2 amide bonds. The predicted octanol–water partition coefficient (Wildman–Crippen LogP) is 4.22. The molecule has 4 nitrogen and oxygen atoms in total. The van der Waals surface area contributed by atoms with E-state index in [1.54, 1.807) is 7.05 Å². The Hall–Kier alpha value is -1.76. The largest absolute Gasteiger partial charge is 0.359 e. The van der Waals surface area contributed by atoms with Gasteiger partial charge in [-0.25, -0.2) is 13.2 Å². The Bertz CT molecular complexity index is 849. The summed E-state index contributed by atoms with van der Waals surface area (Å²) in [5, 5.41) is 5.15. The highest BCUT2D eigenvalue weighted by molar-refractivity contribution is 6.30. The van der Waals surface area contributed by atoms with Gasteiger partial charge in [0.1, 0.15) is 17.3 Å². The van der Waals surface area contributed by atoms with Gasteiger partial charge in [-0.1, -0.05) is 11.6 Å². The number of hydrogen-bond donors (Lipinski definition) is 2. The van der Waals surface area contributed by atoms with E-state index < -0.39 is 34.7 Å². The number of fused-ring (bicyclic) bond motifs is 2. The second-order valence-electron chi connectivity index (χ2n) is 8.87. The molecule has 0 saturated heterocycles. The summed E-state index contributed by atoms with van der Waals surface area (Å²) >= 11 is 5.90. The van der Waals surface area contributed by atoms with Crippen LogP contribution < -0.4 is 10.6 Å². The van der Waals surface area contributed by atoms with Crippen LogP contribution in [0.2, 0.25) is 5.02 Å². The first-order valence-electron chi connectivity index (χ1n) is 10.0. The number of hydrogen-bond acceptors (Lipinski definition) is 2. The van der Waals surface area contributed by atoms with Gasteiger partial charge in [0.05, 0.1) is 11.1 Å². The molecule has 0 aromatic heterocycles. The molecule has 0 radical (unpaired) electrons. The molecular weight excluding hydrogens is 405 g/mol. The van der Waals surface area contributed by atoms with Crippen molar-refractivity contribution in [2.24, 2.45) is 17.3 Å². The Kier molecular flexibility index (Phi) is 5.08. The average Bonchev–Trinajstić information content (AvgIpc) is 3.17. The van der Waals surface area contributed by atoms with E-state index in [2.05, 4.69) is 10.6 Å². The number of rotatable bonds is 5. The smallest absolute Gasteiger partial charge is 0.223 e. The Morgan fingerprint density at radius 3 is 2.28 bits per heavy atom. The lowest BCUT2D eigenvalue weighted by molar-refractivity contribution is -0.136. The number of alkyl halides is 1. The van der Waals surface area contributed by atoms with Crippen molar-refractivity contribution in [2.45, 2.75) is 56.7 Å². The zero-order valence-corrected chi connectivity index (χ0v) is 16.9. The molecule has 4 rings (SSSR count). The van der Waals surface area contributed by atoms with E-state index in [4.69, 9.17) is 11.6 Å². The van der Waals surface area contributed by atoms with Crippen LogP contribution in [0.3, 0.4) is 0 Å². The van der Waals surface area contributed by atoms with Gasteiger partial charge in [0, 0.05) is 24.4 Å². The average molecular weight is 429 g/mol. The molecule has 3 saturated carbocycles. The molecule has 2 bridgehead atoms. The number of amides is 2. The molecule has 1 aromatic rings. The molecule has 1 aromatic carbocycles. The minimum atomic E-state index is -1.34. The molecule has 3 aliphatic carbocycles. The Morgan fingerprint density at radius 2 is 1.72 bits per heavy atom. The van der Waals surface area contributed by atoms with Crippen LogP contribution in [-0.2, 0) is 9.59 Å². The number of benzene rings is 1. The molecule has 2 N–H and O–H groups in total. The summed E-state index contributed by atoms with van der Waals surface area (Å²) in [5.74, 6) is -2.82. The van der Waals surface area contributed by atoms with Crippen molar-refractivity contribution in [3.63, 3.8) is 0 Å².